The van der Waals surface area contributed by atoms with Gasteiger partial charge in [0.1, 0.15) is 11.5 Å². The first kappa shape index (κ1) is 13.8. The molecule has 1 nitrogen and oxygen atoms in total. The summed E-state index contributed by atoms with van der Waals surface area (Å²) >= 11 is 11.3. The third kappa shape index (κ3) is 3.02. The van der Waals surface area contributed by atoms with E-state index in [1.54, 1.807) is 11.8 Å². The zero-order valence-corrected chi connectivity index (χ0v) is 13.0. The molecule has 0 spiro atoms. The lowest BCUT2D eigenvalue weighted by molar-refractivity contribution is 0.467. The van der Waals surface area contributed by atoms with Crippen molar-refractivity contribution in [2.45, 2.75) is 10.2 Å². The molecule has 0 bridgehead atoms. The van der Waals surface area contributed by atoms with Gasteiger partial charge >= 0.3 is 0 Å². The zero-order valence-electron chi connectivity index (χ0n) is 9.82. The largest absolute Gasteiger partial charge is 0.456 e. The Balaban J connectivity index is 2.37. The van der Waals surface area contributed by atoms with Crippen molar-refractivity contribution in [3.63, 3.8) is 0 Å². The smallest absolute Gasteiger partial charge is 0.140 e. The highest BCUT2D eigenvalue weighted by Gasteiger charge is 2.09. The summed E-state index contributed by atoms with van der Waals surface area (Å²) in [5, 5.41) is 1.38. The molecule has 18 heavy (non-hydrogen) atoms. The third-order valence-corrected chi connectivity index (χ3v) is 4.19. The summed E-state index contributed by atoms with van der Waals surface area (Å²) in [7, 11) is 0. The molecular weight excluding hydrogens is 332 g/mol. The third-order valence-electron chi connectivity index (χ3n) is 2.50. The van der Waals surface area contributed by atoms with Crippen LogP contribution in [0.1, 0.15) is 5.56 Å². The average Bonchev–Trinajstić information content (AvgIpc) is 2.40. The monoisotopic (exact) mass is 342 g/mol. The van der Waals surface area contributed by atoms with Gasteiger partial charge in [0.15, 0.2) is 0 Å². The predicted molar refractivity (Wildman–Crippen MR) is 82.4 cm³/mol. The minimum absolute atomic E-state index is 0.670. The summed E-state index contributed by atoms with van der Waals surface area (Å²) in [6.07, 6.45) is 2.03. The highest BCUT2D eigenvalue weighted by Crippen LogP contribution is 2.35. The molecule has 0 aliphatic carbocycles. The van der Waals surface area contributed by atoms with Gasteiger partial charge in [-0.3, -0.25) is 0 Å². The van der Waals surface area contributed by atoms with Crippen molar-refractivity contribution in [2.75, 3.05) is 6.26 Å². The first-order valence-electron chi connectivity index (χ1n) is 5.40. The SMILES string of the molecule is CSc1ccccc1Oc1cccc(Cl)c1CBr. The van der Waals surface area contributed by atoms with E-state index >= 15 is 0 Å². The van der Waals surface area contributed by atoms with E-state index in [0.29, 0.717) is 10.4 Å². The first-order chi connectivity index (χ1) is 8.76. The van der Waals surface area contributed by atoms with Crippen LogP contribution in [0.4, 0.5) is 0 Å². The molecule has 0 saturated heterocycles. The van der Waals surface area contributed by atoms with Crippen molar-refractivity contribution in [3.05, 3.63) is 53.1 Å². The molecule has 2 rings (SSSR count). The zero-order chi connectivity index (χ0) is 13.0. The number of para-hydroxylation sites is 1. The molecule has 2 aromatic rings. The van der Waals surface area contributed by atoms with Crippen LogP contribution in [0.3, 0.4) is 0 Å². The Bertz CT molecular complexity index is 545. The van der Waals surface area contributed by atoms with Crippen molar-refractivity contribution in [2.24, 2.45) is 0 Å². The number of thioether (sulfide) groups is 1. The fourth-order valence-corrected chi connectivity index (χ4v) is 3.08. The van der Waals surface area contributed by atoms with Crippen molar-refractivity contribution in [1.29, 1.82) is 0 Å². The van der Waals surface area contributed by atoms with Gasteiger partial charge in [-0.25, -0.2) is 0 Å². The van der Waals surface area contributed by atoms with E-state index < -0.39 is 0 Å². The second-order valence-electron chi connectivity index (χ2n) is 3.60. The lowest BCUT2D eigenvalue weighted by atomic mass is 10.2. The van der Waals surface area contributed by atoms with Gasteiger partial charge in [0.05, 0.1) is 0 Å². The molecule has 0 amide bonds. The Morgan fingerprint density at radius 1 is 1.11 bits per heavy atom. The van der Waals surface area contributed by atoms with Gasteiger partial charge in [-0.15, -0.1) is 11.8 Å². The quantitative estimate of drug-likeness (QED) is 0.516. The second-order valence-corrected chi connectivity index (χ2v) is 5.42. The predicted octanol–water partition coefficient (Wildman–Crippen LogP) is 5.75. The van der Waals surface area contributed by atoms with Gasteiger partial charge in [0.25, 0.3) is 0 Å². The summed E-state index contributed by atoms with van der Waals surface area (Å²) in [6, 6.07) is 13.7. The second kappa shape index (κ2) is 6.50. The summed E-state index contributed by atoms with van der Waals surface area (Å²) in [5.41, 5.74) is 0.968. The topological polar surface area (TPSA) is 9.23 Å². The number of benzene rings is 2. The highest BCUT2D eigenvalue weighted by atomic mass is 79.9. The number of halogens is 2. The molecule has 0 unspecified atom stereocenters. The van der Waals surface area contributed by atoms with Gasteiger partial charge in [-0.1, -0.05) is 45.7 Å². The van der Waals surface area contributed by atoms with Crippen molar-refractivity contribution >= 4 is 39.3 Å². The molecule has 0 aliphatic heterocycles. The molecule has 0 atom stereocenters. The standard InChI is InChI=1S/C14H12BrClOS/c1-18-14-8-3-2-6-13(14)17-12-7-4-5-11(16)10(12)9-15/h2-8H,9H2,1H3. The van der Waals surface area contributed by atoms with Crippen molar-refractivity contribution < 1.29 is 4.74 Å². The van der Waals surface area contributed by atoms with E-state index in [1.807, 2.05) is 48.7 Å². The molecule has 0 fully saturated rings. The maximum atomic E-state index is 6.15. The Kier molecular flexibility index (Phi) is 4.98. The summed E-state index contributed by atoms with van der Waals surface area (Å²) in [5.74, 6) is 1.65. The van der Waals surface area contributed by atoms with Crippen LogP contribution in [0.5, 0.6) is 11.5 Å². The first-order valence-corrected chi connectivity index (χ1v) is 8.13. The van der Waals surface area contributed by atoms with Gasteiger partial charge < -0.3 is 4.74 Å². The number of alkyl halides is 1. The Morgan fingerprint density at radius 3 is 2.56 bits per heavy atom. The van der Waals surface area contributed by atoms with E-state index in [-0.39, 0.29) is 0 Å². The van der Waals surface area contributed by atoms with E-state index in [2.05, 4.69) is 15.9 Å². The van der Waals surface area contributed by atoms with E-state index in [4.69, 9.17) is 16.3 Å². The number of rotatable bonds is 4. The highest BCUT2D eigenvalue weighted by molar-refractivity contribution is 9.08. The fourth-order valence-electron chi connectivity index (χ4n) is 1.59. The molecular formula is C14H12BrClOS. The Morgan fingerprint density at radius 2 is 1.83 bits per heavy atom. The lowest BCUT2D eigenvalue weighted by Crippen LogP contribution is -1.91. The van der Waals surface area contributed by atoms with E-state index in [9.17, 15) is 0 Å². The van der Waals surface area contributed by atoms with Crippen LogP contribution >= 0.6 is 39.3 Å². The van der Waals surface area contributed by atoms with Crippen LogP contribution in [0.15, 0.2) is 47.4 Å². The van der Waals surface area contributed by atoms with Crippen LogP contribution in [0.25, 0.3) is 0 Å². The summed E-state index contributed by atoms with van der Waals surface area (Å²) in [6.45, 7) is 0. The van der Waals surface area contributed by atoms with Crippen LogP contribution in [0.2, 0.25) is 5.02 Å². The van der Waals surface area contributed by atoms with E-state index in [0.717, 1.165) is 22.0 Å². The number of hydrogen-bond donors (Lipinski definition) is 0. The van der Waals surface area contributed by atoms with Gasteiger partial charge in [0, 0.05) is 20.8 Å². The lowest BCUT2D eigenvalue weighted by Gasteiger charge is -2.13. The molecule has 0 N–H and O–H groups in total. The molecule has 0 aromatic heterocycles. The van der Waals surface area contributed by atoms with Gasteiger partial charge in [-0.2, -0.15) is 0 Å². The van der Waals surface area contributed by atoms with Crippen LogP contribution < -0.4 is 4.74 Å². The molecule has 0 heterocycles. The molecule has 0 aliphatic rings. The maximum absolute atomic E-state index is 6.15. The minimum atomic E-state index is 0.670. The maximum Gasteiger partial charge on any atom is 0.140 e. The Labute approximate surface area is 125 Å². The molecule has 0 saturated carbocycles. The number of hydrogen-bond acceptors (Lipinski definition) is 2. The van der Waals surface area contributed by atoms with E-state index in [1.165, 1.54) is 0 Å². The molecule has 2 aromatic carbocycles. The summed E-state index contributed by atoms with van der Waals surface area (Å²) < 4.78 is 5.97. The molecule has 94 valence electrons. The molecule has 0 radical (unpaired) electrons. The van der Waals surface area contributed by atoms with Gasteiger partial charge in [0.2, 0.25) is 0 Å². The fraction of sp³-hybridized carbons (Fsp3) is 0.143. The van der Waals surface area contributed by atoms with Crippen LogP contribution in [-0.4, -0.2) is 6.26 Å². The normalized spacial score (nSPS) is 10.4. The molecule has 4 heteroatoms. The van der Waals surface area contributed by atoms with Crippen LogP contribution in [0, 0.1) is 0 Å². The summed E-state index contributed by atoms with van der Waals surface area (Å²) in [4.78, 5) is 1.11. The van der Waals surface area contributed by atoms with Gasteiger partial charge in [-0.05, 0) is 30.5 Å². The van der Waals surface area contributed by atoms with Crippen LogP contribution in [-0.2, 0) is 5.33 Å². The van der Waals surface area contributed by atoms with Crippen molar-refractivity contribution in [3.8, 4) is 11.5 Å². The number of ether oxygens (including phenoxy) is 1. The minimum Gasteiger partial charge on any atom is -0.456 e. The van der Waals surface area contributed by atoms with Crippen molar-refractivity contribution in [1.82, 2.24) is 0 Å². The Hall–Kier alpha value is -0.640. The average molecular weight is 344 g/mol.